The van der Waals surface area contributed by atoms with Gasteiger partial charge in [-0.2, -0.15) is 11.8 Å². The summed E-state index contributed by atoms with van der Waals surface area (Å²) in [5, 5.41) is 6.72. The summed E-state index contributed by atoms with van der Waals surface area (Å²) in [5.74, 6) is 3.29. The Morgan fingerprint density at radius 1 is 1.35 bits per heavy atom. The molecule has 144 valence electrons. The molecule has 1 atom stereocenters. The summed E-state index contributed by atoms with van der Waals surface area (Å²) in [7, 11) is 3.41. The minimum absolute atomic E-state index is 0.0474. The molecule has 0 spiro atoms. The lowest BCUT2D eigenvalue weighted by atomic mass is 10.1. The maximum Gasteiger partial charge on any atom is 0.239 e. The van der Waals surface area contributed by atoms with Gasteiger partial charge in [-0.1, -0.05) is 26.0 Å². The van der Waals surface area contributed by atoms with Crippen LogP contribution in [-0.4, -0.2) is 61.6 Å². The van der Waals surface area contributed by atoms with Gasteiger partial charge in [-0.05, 0) is 23.6 Å². The van der Waals surface area contributed by atoms with E-state index in [0.717, 1.165) is 36.1 Å². The molecule has 1 aromatic carbocycles. The van der Waals surface area contributed by atoms with Crippen LogP contribution in [0.15, 0.2) is 29.3 Å². The number of aliphatic imine (C=N–C) groups is 1. The molecule has 26 heavy (non-hydrogen) atoms. The van der Waals surface area contributed by atoms with E-state index in [1.165, 1.54) is 0 Å². The molecule has 1 fully saturated rings. The van der Waals surface area contributed by atoms with Gasteiger partial charge in [0.05, 0.1) is 13.7 Å². The lowest BCUT2D eigenvalue weighted by Gasteiger charge is -2.36. The Bertz CT molecular complexity index is 604. The van der Waals surface area contributed by atoms with Crippen molar-refractivity contribution in [2.45, 2.75) is 25.6 Å². The van der Waals surface area contributed by atoms with E-state index in [1.54, 1.807) is 14.2 Å². The molecule has 1 heterocycles. The number of hydrogen-bond donors (Lipinski definition) is 2. The highest BCUT2D eigenvalue weighted by molar-refractivity contribution is 8.00. The van der Waals surface area contributed by atoms with E-state index in [0.29, 0.717) is 17.7 Å². The Hall–Kier alpha value is -1.89. The number of hydrogen-bond acceptors (Lipinski definition) is 4. The number of nitrogens with zero attached hydrogens (tertiary/aromatic N) is 2. The third-order valence-corrected chi connectivity index (χ3v) is 5.94. The molecular weight excluding hydrogens is 348 g/mol. The van der Waals surface area contributed by atoms with Crippen molar-refractivity contribution >= 4 is 23.6 Å². The van der Waals surface area contributed by atoms with E-state index in [-0.39, 0.29) is 12.5 Å². The summed E-state index contributed by atoms with van der Waals surface area (Å²) in [6, 6.07) is 7.67. The average Bonchev–Trinajstić information content (AvgIpc) is 2.67. The van der Waals surface area contributed by atoms with Crippen molar-refractivity contribution in [1.29, 1.82) is 0 Å². The summed E-state index contributed by atoms with van der Waals surface area (Å²) in [6.45, 7) is 7.15. The van der Waals surface area contributed by atoms with Gasteiger partial charge in [-0.3, -0.25) is 9.79 Å². The van der Waals surface area contributed by atoms with Crippen LogP contribution >= 0.6 is 11.8 Å². The molecule has 2 N–H and O–H groups in total. The van der Waals surface area contributed by atoms with Crippen molar-refractivity contribution in [3.63, 3.8) is 0 Å². The SMILES string of the molecule is CN=C(NCC(=O)NCc1ccc(OC)cc1)N1CCSC(C(C)C)C1. The van der Waals surface area contributed by atoms with Gasteiger partial charge < -0.3 is 20.3 Å². The molecule has 0 bridgehead atoms. The van der Waals surface area contributed by atoms with Gasteiger partial charge in [0.1, 0.15) is 5.75 Å². The fraction of sp³-hybridized carbons (Fsp3) is 0.579. The second-order valence-electron chi connectivity index (χ2n) is 6.62. The number of thioether (sulfide) groups is 1. The Morgan fingerprint density at radius 2 is 2.08 bits per heavy atom. The predicted octanol–water partition coefficient (Wildman–Crippen LogP) is 1.96. The number of amides is 1. The quantitative estimate of drug-likeness (QED) is 0.585. The molecule has 0 radical (unpaired) electrons. The number of methoxy groups -OCH3 is 1. The number of nitrogens with one attached hydrogen (secondary N) is 2. The van der Waals surface area contributed by atoms with Gasteiger partial charge >= 0.3 is 0 Å². The van der Waals surface area contributed by atoms with Crippen LogP contribution in [0.2, 0.25) is 0 Å². The van der Waals surface area contributed by atoms with Gasteiger partial charge in [0.15, 0.2) is 5.96 Å². The van der Waals surface area contributed by atoms with Gasteiger partial charge in [0, 0.05) is 37.7 Å². The Kier molecular flexibility index (Phi) is 8.09. The fourth-order valence-electron chi connectivity index (χ4n) is 2.77. The lowest BCUT2D eigenvalue weighted by Crippen LogP contribution is -2.50. The first-order chi connectivity index (χ1) is 12.5. The molecule has 2 rings (SSSR count). The number of guanidine groups is 1. The standard InChI is InChI=1S/C19H30N4O2S/c1-14(2)17-13-23(9-10-26-17)19(20-3)22-12-18(24)21-11-15-5-7-16(25-4)8-6-15/h5-8,14,17H,9-13H2,1-4H3,(H,20,22)(H,21,24). The van der Waals surface area contributed by atoms with Crippen LogP contribution in [0.3, 0.4) is 0 Å². The first-order valence-electron chi connectivity index (χ1n) is 9.00. The van der Waals surface area contributed by atoms with Crippen LogP contribution in [0.4, 0.5) is 0 Å². The van der Waals surface area contributed by atoms with Crippen LogP contribution in [0.25, 0.3) is 0 Å². The molecule has 1 amide bonds. The average molecular weight is 379 g/mol. The third-order valence-electron chi connectivity index (χ3n) is 4.40. The Morgan fingerprint density at radius 3 is 2.69 bits per heavy atom. The van der Waals surface area contributed by atoms with E-state index >= 15 is 0 Å². The lowest BCUT2D eigenvalue weighted by molar-refractivity contribution is -0.120. The van der Waals surface area contributed by atoms with Crippen LogP contribution in [0, 0.1) is 5.92 Å². The summed E-state index contributed by atoms with van der Waals surface area (Å²) in [6.07, 6.45) is 0. The maximum absolute atomic E-state index is 12.1. The summed E-state index contributed by atoms with van der Waals surface area (Å²) in [4.78, 5) is 18.7. The van der Waals surface area contributed by atoms with Crippen LogP contribution in [-0.2, 0) is 11.3 Å². The molecule has 0 aliphatic carbocycles. The molecule has 0 aromatic heterocycles. The summed E-state index contributed by atoms with van der Waals surface area (Å²) < 4.78 is 5.14. The second kappa shape index (κ2) is 10.3. The van der Waals surface area contributed by atoms with Crippen LogP contribution < -0.4 is 15.4 Å². The van der Waals surface area contributed by atoms with Crippen molar-refractivity contribution in [2.75, 3.05) is 39.5 Å². The zero-order valence-corrected chi connectivity index (χ0v) is 16.9. The Balaban J connectivity index is 1.77. The van der Waals surface area contributed by atoms with Gasteiger partial charge in [0.2, 0.25) is 5.91 Å². The van der Waals surface area contributed by atoms with Crippen molar-refractivity contribution < 1.29 is 9.53 Å². The van der Waals surface area contributed by atoms with E-state index in [1.807, 2.05) is 36.0 Å². The molecule has 1 unspecified atom stereocenters. The Labute approximate surface area is 160 Å². The maximum atomic E-state index is 12.1. The van der Waals surface area contributed by atoms with Gasteiger partial charge in [-0.25, -0.2) is 0 Å². The van der Waals surface area contributed by atoms with E-state index in [4.69, 9.17) is 4.74 Å². The molecule has 0 saturated carbocycles. The van der Waals surface area contributed by atoms with Crippen LogP contribution in [0.1, 0.15) is 19.4 Å². The molecule has 7 heteroatoms. The number of carbonyl (C=O) groups is 1. The van der Waals surface area contributed by atoms with Crippen molar-refractivity contribution in [1.82, 2.24) is 15.5 Å². The number of ether oxygens (including phenoxy) is 1. The highest BCUT2D eigenvalue weighted by Gasteiger charge is 2.24. The van der Waals surface area contributed by atoms with E-state index in [9.17, 15) is 4.79 Å². The minimum Gasteiger partial charge on any atom is -0.497 e. The second-order valence-corrected chi connectivity index (χ2v) is 7.97. The van der Waals surface area contributed by atoms with Crippen molar-refractivity contribution in [3.05, 3.63) is 29.8 Å². The van der Waals surface area contributed by atoms with Crippen molar-refractivity contribution in [3.8, 4) is 5.75 Å². The smallest absolute Gasteiger partial charge is 0.239 e. The number of carbonyl (C=O) groups excluding carboxylic acids is 1. The van der Waals surface area contributed by atoms with E-state index in [2.05, 4.69) is 34.4 Å². The third kappa shape index (κ3) is 6.12. The molecule has 1 aromatic rings. The normalized spacial score (nSPS) is 18.0. The molecule has 6 nitrogen and oxygen atoms in total. The predicted molar refractivity (Wildman–Crippen MR) is 109 cm³/mol. The summed E-state index contributed by atoms with van der Waals surface area (Å²) >= 11 is 2.02. The van der Waals surface area contributed by atoms with E-state index < -0.39 is 0 Å². The fourth-order valence-corrected chi connectivity index (χ4v) is 4.07. The number of rotatable bonds is 6. The topological polar surface area (TPSA) is 66.0 Å². The highest BCUT2D eigenvalue weighted by atomic mass is 32.2. The molecule has 1 saturated heterocycles. The zero-order chi connectivity index (χ0) is 18.9. The molecule has 1 aliphatic rings. The molecule has 1 aliphatic heterocycles. The van der Waals surface area contributed by atoms with Gasteiger partial charge in [-0.15, -0.1) is 0 Å². The number of benzene rings is 1. The first-order valence-corrected chi connectivity index (χ1v) is 10.0. The monoisotopic (exact) mass is 378 g/mol. The van der Waals surface area contributed by atoms with Crippen molar-refractivity contribution in [2.24, 2.45) is 10.9 Å². The van der Waals surface area contributed by atoms with Gasteiger partial charge in [0.25, 0.3) is 0 Å². The molecular formula is C19H30N4O2S. The first kappa shape index (κ1) is 20.4. The summed E-state index contributed by atoms with van der Waals surface area (Å²) in [5.41, 5.74) is 1.04. The highest BCUT2D eigenvalue weighted by Crippen LogP contribution is 2.24. The zero-order valence-electron chi connectivity index (χ0n) is 16.1. The van der Waals surface area contributed by atoms with Crippen LogP contribution in [0.5, 0.6) is 5.75 Å². The largest absolute Gasteiger partial charge is 0.497 e. The minimum atomic E-state index is -0.0474.